The van der Waals surface area contributed by atoms with Crippen LogP contribution in [0.1, 0.15) is 6.42 Å². The summed E-state index contributed by atoms with van der Waals surface area (Å²) in [5.74, 6) is 0.0169. The first-order valence-electron chi connectivity index (χ1n) is 3.72. The summed E-state index contributed by atoms with van der Waals surface area (Å²) in [6.07, 6.45) is 0.350. The fraction of sp³-hybridized carbons (Fsp3) is 0.857. The number of carbonyl (C=O) groups excluding carboxylic acids is 1. The summed E-state index contributed by atoms with van der Waals surface area (Å²) in [5.41, 5.74) is 0. The second-order valence-corrected chi connectivity index (χ2v) is 7.44. The average Bonchev–Trinajstić information content (AvgIpc) is 1.80. The molecule has 0 heterocycles. The van der Waals surface area contributed by atoms with Crippen molar-refractivity contribution in [2.24, 2.45) is 0 Å². The predicted molar refractivity (Wildman–Crippen MR) is 46.7 cm³/mol. The third kappa shape index (κ3) is 6.03. The lowest BCUT2D eigenvalue weighted by atomic mass is 10.4. The maximum absolute atomic E-state index is 13.0. The number of rotatable bonds is 3. The number of nitrogens with zero attached hydrogens (tertiary/aromatic N) is 1. The van der Waals surface area contributed by atoms with Crippen LogP contribution in [0.15, 0.2) is 0 Å². The van der Waals surface area contributed by atoms with E-state index in [-0.39, 0.29) is 5.91 Å². The van der Waals surface area contributed by atoms with Gasteiger partial charge in [-0.05, 0) is 19.1 Å². The molecular formula is C7H16FNOSi. The standard InChI is InChI=1S/C7H16FNOSi/c1-9(2)7(10)5-6-11(3,4)8/h5-6H2,1-4H3. The summed E-state index contributed by atoms with van der Waals surface area (Å²) in [4.78, 5) is 12.5. The van der Waals surface area contributed by atoms with E-state index in [0.29, 0.717) is 12.5 Å². The van der Waals surface area contributed by atoms with Crippen LogP contribution in [0.3, 0.4) is 0 Å². The average molecular weight is 177 g/mol. The zero-order chi connectivity index (χ0) is 9.07. The van der Waals surface area contributed by atoms with Gasteiger partial charge in [0.15, 0.2) is 0 Å². The normalized spacial score (nSPS) is 11.4. The Hall–Kier alpha value is -0.383. The maximum atomic E-state index is 13.0. The SMILES string of the molecule is CN(C)C(=O)CC[Si](C)(C)F. The van der Waals surface area contributed by atoms with E-state index < -0.39 is 8.41 Å². The fourth-order valence-electron chi connectivity index (χ4n) is 0.628. The molecule has 0 radical (unpaired) electrons. The molecular weight excluding hydrogens is 161 g/mol. The second-order valence-electron chi connectivity index (χ2n) is 3.51. The zero-order valence-electron chi connectivity index (χ0n) is 7.65. The monoisotopic (exact) mass is 177 g/mol. The topological polar surface area (TPSA) is 20.3 Å². The van der Waals surface area contributed by atoms with Crippen LogP contribution in [0, 0.1) is 0 Å². The first-order chi connectivity index (χ1) is 4.83. The molecule has 4 heteroatoms. The van der Waals surface area contributed by atoms with E-state index in [4.69, 9.17) is 0 Å². The minimum Gasteiger partial charge on any atom is -0.349 e. The predicted octanol–water partition coefficient (Wildman–Crippen LogP) is 1.64. The van der Waals surface area contributed by atoms with Gasteiger partial charge in [0.25, 0.3) is 0 Å². The van der Waals surface area contributed by atoms with Gasteiger partial charge < -0.3 is 9.01 Å². The van der Waals surface area contributed by atoms with Crippen LogP contribution >= 0.6 is 0 Å². The van der Waals surface area contributed by atoms with Crippen LogP contribution in [0.4, 0.5) is 4.11 Å². The number of hydrogen-bond donors (Lipinski definition) is 0. The van der Waals surface area contributed by atoms with Gasteiger partial charge in [-0.2, -0.15) is 0 Å². The third-order valence-corrected chi connectivity index (χ3v) is 2.87. The molecule has 0 aliphatic carbocycles. The van der Waals surface area contributed by atoms with E-state index in [1.54, 1.807) is 27.2 Å². The third-order valence-electron chi connectivity index (χ3n) is 1.43. The summed E-state index contributed by atoms with van der Waals surface area (Å²) < 4.78 is 13.0. The van der Waals surface area contributed by atoms with Crippen molar-refractivity contribution in [2.45, 2.75) is 25.6 Å². The van der Waals surface area contributed by atoms with Gasteiger partial charge in [-0.15, -0.1) is 0 Å². The first-order valence-corrected chi connectivity index (χ1v) is 6.80. The summed E-state index contributed by atoms with van der Waals surface area (Å²) >= 11 is 0. The summed E-state index contributed by atoms with van der Waals surface area (Å²) in [6, 6.07) is 0.435. The van der Waals surface area contributed by atoms with E-state index in [0.717, 1.165) is 0 Å². The largest absolute Gasteiger partial charge is 0.349 e. The molecule has 0 fully saturated rings. The van der Waals surface area contributed by atoms with Crippen molar-refractivity contribution in [3.05, 3.63) is 0 Å². The molecule has 0 unspecified atom stereocenters. The lowest BCUT2D eigenvalue weighted by Gasteiger charge is -2.13. The Morgan fingerprint density at radius 2 is 1.91 bits per heavy atom. The highest BCUT2D eigenvalue weighted by Gasteiger charge is 2.21. The van der Waals surface area contributed by atoms with Gasteiger partial charge in [-0.3, -0.25) is 4.79 Å². The van der Waals surface area contributed by atoms with E-state index in [2.05, 4.69) is 0 Å². The summed E-state index contributed by atoms with van der Waals surface area (Å²) in [5, 5.41) is 0. The lowest BCUT2D eigenvalue weighted by Crippen LogP contribution is -2.25. The van der Waals surface area contributed by atoms with E-state index in [1.807, 2.05) is 0 Å². The molecule has 0 atom stereocenters. The molecule has 2 nitrogen and oxygen atoms in total. The molecule has 0 aliphatic rings. The molecule has 11 heavy (non-hydrogen) atoms. The highest BCUT2D eigenvalue weighted by molar-refractivity contribution is 6.70. The zero-order valence-corrected chi connectivity index (χ0v) is 8.65. The highest BCUT2D eigenvalue weighted by atomic mass is 28.4. The quantitative estimate of drug-likeness (QED) is 0.474. The Balaban J connectivity index is 3.64. The Kier molecular flexibility index (Phi) is 3.72. The van der Waals surface area contributed by atoms with Gasteiger partial charge in [0.05, 0.1) is 0 Å². The van der Waals surface area contributed by atoms with Crippen molar-refractivity contribution < 1.29 is 8.90 Å². The minimum absolute atomic E-state index is 0.0169. The fourth-order valence-corrected chi connectivity index (χ4v) is 1.44. The molecule has 0 aromatic carbocycles. The molecule has 0 aromatic rings. The minimum atomic E-state index is -2.51. The van der Waals surface area contributed by atoms with Crippen molar-refractivity contribution in [3.63, 3.8) is 0 Å². The van der Waals surface area contributed by atoms with Gasteiger partial charge in [0, 0.05) is 20.5 Å². The Labute approximate surface area is 68.6 Å². The van der Waals surface area contributed by atoms with Crippen LogP contribution in [-0.2, 0) is 4.79 Å². The molecule has 0 N–H and O–H groups in total. The van der Waals surface area contributed by atoms with Crippen molar-refractivity contribution in [1.82, 2.24) is 4.90 Å². The Morgan fingerprint density at radius 3 is 2.18 bits per heavy atom. The molecule has 0 aromatic heterocycles. The molecule has 0 saturated heterocycles. The van der Waals surface area contributed by atoms with Crippen molar-refractivity contribution in [3.8, 4) is 0 Å². The van der Waals surface area contributed by atoms with Crippen LogP contribution in [0.25, 0.3) is 0 Å². The molecule has 1 amide bonds. The van der Waals surface area contributed by atoms with E-state index in [9.17, 15) is 8.90 Å². The van der Waals surface area contributed by atoms with Crippen molar-refractivity contribution in [1.29, 1.82) is 0 Å². The summed E-state index contributed by atoms with van der Waals surface area (Å²) in [7, 11) is 0.866. The Bertz CT molecular complexity index is 142. The van der Waals surface area contributed by atoms with E-state index >= 15 is 0 Å². The lowest BCUT2D eigenvalue weighted by molar-refractivity contribution is -0.128. The smallest absolute Gasteiger partial charge is 0.241 e. The second kappa shape index (κ2) is 3.85. The highest BCUT2D eigenvalue weighted by Crippen LogP contribution is 2.13. The summed E-state index contributed by atoms with van der Waals surface area (Å²) in [6.45, 7) is 3.24. The molecule has 0 rings (SSSR count). The molecule has 66 valence electrons. The molecule has 0 bridgehead atoms. The van der Waals surface area contributed by atoms with Crippen molar-refractivity contribution >= 4 is 14.3 Å². The Morgan fingerprint density at radius 1 is 1.45 bits per heavy atom. The van der Waals surface area contributed by atoms with Crippen LogP contribution in [0.2, 0.25) is 19.1 Å². The van der Waals surface area contributed by atoms with Crippen LogP contribution in [-0.4, -0.2) is 33.3 Å². The van der Waals surface area contributed by atoms with Crippen LogP contribution in [0.5, 0.6) is 0 Å². The van der Waals surface area contributed by atoms with Gasteiger partial charge in [0.1, 0.15) is 0 Å². The van der Waals surface area contributed by atoms with Crippen LogP contribution < -0.4 is 0 Å². The van der Waals surface area contributed by atoms with E-state index in [1.165, 1.54) is 4.90 Å². The van der Waals surface area contributed by atoms with Gasteiger partial charge in [-0.1, -0.05) is 0 Å². The molecule has 0 saturated carbocycles. The number of halogens is 1. The number of hydrogen-bond acceptors (Lipinski definition) is 1. The van der Waals surface area contributed by atoms with Gasteiger partial charge in [0.2, 0.25) is 14.3 Å². The molecule has 0 spiro atoms. The first kappa shape index (κ1) is 10.6. The maximum Gasteiger partial charge on any atom is 0.241 e. The molecule has 0 aliphatic heterocycles. The van der Waals surface area contributed by atoms with Gasteiger partial charge >= 0.3 is 0 Å². The number of carbonyl (C=O) groups is 1. The number of amides is 1. The van der Waals surface area contributed by atoms with Gasteiger partial charge in [-0.25, -0.2) is 0 Å². The van der Waals surface area contributed by atoms with Crippen molar-refractivity contribution in [2.75, 3.05) is 14.1 Å².